The monoisotopic (exact) mass is 372 g/mol. The zero-order valence-electron chi connectivity index (χ0n) is 16.5. The Morgan fingerprint density at radius 2 is 1.96 bits per heavy atom. The lowest BCUT2D eigenvalue weighted by Gasteiger charge is -2.25. The summed E-state index contributed by atoms with van der Waals surface area (Å²) in [7, 11) is 0. The summed E-state index contributed by atoms with van der Waals surface area (Å²) >= 11 is 0. The van der Waals surface area contributed by atoms with Crippen molar-refractivity contribution in [2.24, 2.45) is 5.73 Å². The molecule has 1 heterocycles. The number of hydrogen-bond donors (Lipinski definition) is 3. The van der Waals surface area contributed by atoms with Crippen molar-refractivity contribution >= 4 is 18.0 Å². The summed E-state index contributed by atoms with van der Waals surface area (Å²) in [6.45, 7) is 8.00. The molecule has 4 heteroatoms. The van der Waals surface area contributed by atoms with Gasteiger partial charge in [0.05, 0.1) is 11.6 Å². The van der Waals surface area contributed by atoms with Gasteiger partial charge in [-0.3, -0.25) is 0 Å². The molecule has 0 spiro atoms. The van der Waals surface area contributed by atoms with E-state index in [1.165, 1.54) is 0 Å². The molecule has 144 valence electrons. The number of aryl methyl sites for hydroxylation is 1. The van der Waals surface area contributed by atoms with Crippen LogP contribution >= 0.6 is 0 Å². The molecule has 0 amide bonds. The third-order valence-electron chi connectivity index (χ3n) is 5.24. The first-order valence-electron chi connectivity index (χ1n) is 9.89. The minimum absolute atomic E-state index is 0.420. The highest BCUT2D eigenvalue weighted by Crippen LogP contribution is 2.24. The van der Waals surface area contributed by atoms with Crippen molar-refractivity contribution in [2.75, 3.05) is 18.4 Å². The predicted molar refractivity (Wildman–Crippen MR) is 118 cm³/mol. The van der Waals surface area contributed by atoms with Gasteiger partial charge in [0.15, 0.2) is 0 Å². The van der Waals surface area contributed by atoms with Crippen LogP contribution in [-0.2, 0) is 6.42 Å². The number of piperidine rings is 1. The molecular formula is C24H28N4. The molecule has 0 aliphatic carbocycles. The van der Waals surface area contributed by atoms with E-state index in [0.29, 0.717) is 11.6 Å². The zero-order valence-corrected chi connectivity index (χ0v) is 16.5. The number of nitrogens with one attached hydrogen (secondary N) is 2. The van der Waals surface area contributed by atoms with Crippen molar-refractivity contribution in [1.29, 1.82) is 5.26 Å². The molecule has 4 nitrogen and oxygen atoms in total. The predicted octanol–water partition coefficient (Wildman–Crippen LogP) is 2.61. The van der Waals surface area contributed by atoms with Crippen LogP contribution in [0.25, 0.3) is 23.4 Å². The summed E-state index contributed by atoms with van der Waals surface area (Å²) < 4.78 is 0. The van der Waals surface area contributed by atoms with Gasteiger partial charge in [-0.05, 0) is 78.5 Å². The van der Waals surface area contributed by atoms with E-state index in [1.807, 2.05) is 18.2 Å². The molecule has 0 saturated carbocycles. The summed E-state index contributed by atoms with van der Waals surface area (Å²) in [5.41, 5.74) is 11.0. The third-order valence-corrected chi connectivity index (χ3v) is 5.24. The van der Waals surface area contributed by atoms with Crippen molar-refractivity contribution < 1.29 is 0 Å². The number of anilines is 1. The molecule has 0 unspecified atom stereocenters. The van der Waals surface area contributed by atoms with Crippen LogP contribution in [0, 0.1) is 11.3 Å². The largest absolute Gasteiger partial charge is 0.404 e. The van der Waals surface area contributed by atoms with E-state index in [2.05, 4.69) is 48.4 Å². The number of nitrogens with zero attached hydrogens (tertiary/aromatic N) is 1. The van der Waals surface area contributed by atoms with E-state index in [9.17, 15) is 5.26 Å². The fraction of sp³-hybridized carbons (Fsp3) is 0.292. The van der Waals surface area contributed by atoms with Crippen LogP contribution < -0.4 is 26.8 Å². The molecule has 2 aromatic rings. The van der Waals surface area contributed by atoms with E-state index in [1.54, 1.807) is 12.3 Å². The molecule has 0 atom stereocenters. The van der Waals surface area contributed by atoms with Gasteiger partial charge in [0.25, 0.3) is 0 Å². The molecule has 1 fully saturated rings. The molecule has 0 radical (unpaired) electrons. The van der Waals surface area contributed by atoms with E-state index in [4.69, 9.17) is 5.73 Å². The van der Waals surface area contributed by atoms with Gasteiger partial charge < -0.3 is 16.4 Å². The standard InChI is InChI=1S/C24H28N4/c1-3-5-19-13-21(20-11-17(4-2)10-18(12-20)15-25)14-24(23(19)16-26)28-22-6-8-27-9-7-22/h3,5,10-14,16,22,27-28H,1,4,6-9,26H2,2H3/b19-5-,23-16+. The smallest absolute Gasteiger partial charge is 0.0991 e. The molecule has 1 saturated heterocycles. The maximum Gasteiger partial charge on any atom is 0.0991 e. The second-order valence-corrected chi connectivity index (χ2v) is 7.15. The first kappa shape index (κ1) is 19.7. The van der Waals surface area contributed by atoms with Gasteiger partial charge in [-0.15, -0.1) is 0 Å². The molecule has 1 aliphatic heterocycles. The van der Waals surface area contributed by atoms with Gasteiger partial charge >= 0.3 is 0 Å². The van der Waals surface area contributed by atoms with Crippen LogP contribution in [0.3, 0.4) is 0 Å². The van der Waals surface area contributed by atoms with Crippen LogP contribution in [0.4, 0.5) is 5.69 Å². The Kier molecular flexibility index (Phi) is 6.52. The van der Waals surface area contributed by atoms with Crippen LogP contribution in [0.5, 0.6) is 0 Å². The summed E-state index contributed by atoms with van der Waals surface area (Å²) in [4.78, 5) is 0. The van der Waals surface area contributed by atoms with Crippen molar-refractivity contribution in [3.63, 3.8) is 0 Å². The third kappa shape index (κ3) is 4.44. The Balaban J connectivity index is 2.16. The van der Waals surface area contributed by atoms with Gasteiger partial charge in [0.2, 0.25) is 0 Å². The highest BCUT2D eigenvalue weighted by atomic mass is 15.0. The lowest BCUT2D eigenvalue weighted by molar-refractivity contribution is 0.479. The Morgan fingerprint density at radius 1 is 1.21 bits per heavy atom. The highest BCUT2D eigenvalue weighted by Gasteiger charge is 2.14. The van der Waals surface area contributed by atoms with Gasteiger partial charge in [-0.25, -0.2) is 0 Å². The van der Waals surface area contributed by atoms with Gasteiger partial charge in [-0.2, -0.15) is 5.26 Å². The SMILES string of the molecule is C=C/C=c1/cc(-c2cc(C#N)cc(CC)c2)cc(NC2CCNCC2)/c1=C/N. The molecular weight excluding hydrogens is 344 g/mol. The van der Waals surface area contributed by atoms with Gasteiger partial charge in [0.1, 0.15) is 0 Å². The number of nitriles is 1. The fourth-order valence-electron chi connectivity index (χ4n) is 3.73. The van der Waals surface area contributed by atoms with E-state index in [0.717, 1.165) is 65.2 Å². The first-order chi connectivity index (χ1) is 13.7. The lowest BCUT2D eigenvalue weighted by Crippen LogP contribution is -2.38. The quantitative estimate of drug-likeness (QED) is 0.754. The molecule has 0 aromatic heterocycles. The van der Waals surface area contributed by atoms with Gasteiger partial charge in [0, 0.05) is 23.1 Å². The summed E-state index contributed by atoms with van der Waals surface area (Å²) in [5, 5.41) is 18.5. The Bertz CT molecular complexity index is 1010. The minimum Gasteiger partial charge on any atom is -0.404 e. The first-order valence-corrected chi connectivity index (χ1v) is 9.89. The van der Waals surface area contributed by atoms with Crippen molar-refractivity contribution in [2.45, 2.75) is 32.2 Å². The minimum atomic E-state index is 0.420. The zero-order chi connectivity index (χ0) is 19.9. The number of rotatable bonds is 5. The second-order valence-electron chi connectivity index (χ2n) is 7.15. The Hall–Kier alpha value is -3.03. The average Bonchev–Trinajstić information content (AvgIpc) is 2.74. The Labute approximate surface area is 167 Å². The number of nitrogens with two attached hydrogens (primary N) is 1. The lowest BCUT2D eigenvalue weighted by atomic mass is 9.97. The van der Waals surface area contributed by atoms with Crippen LogP contribution in [0.2, 0.25) is 0 Å². The van der Waals surface area contributed by atoms with Crippen molar-refractivity contribution in [3.8, 4) is 17.2 Å². The highest BCUT2D eigenvalue weighted by molar-refractivity contribution is 5.72. The van der Waals surface area contributed by atoms with Crippen LogP contribution in [0.1, 0.15) is 30.9 Å². The van der Waals surface area contributed by atoms with E-state index >= 15 is 0 Å². The topological polar surface area (TPSA) is 73.9 Å². The van der Waals surface area contributed by atoms with E-state index < -0.39 is 0 Å². The maximum atomic E-state index is 9.41. The molecule has 28 heavy (non-hydrogen) atoms. The average molecular weight is 373 g/mol. The molecule has 0 bridgehead atoms. The maximum absolute atomic E-state index is 9.41. The molecule has 1 aliphatic rings. The molecule has 3 rings (SSSR count). The second kappa shape index (κ2) is 9.25. The van der Waals surface area contributed by atoms with Crippen molar-refractivity contribution in [3.05, 3.63) is 64.6 Å². The molecule has 2 aromatic carbocycles. The van der Waals surface area contributed by atoms with Crippen LogP contribution in [-0.4, -0.2) is 19.1 Å². The van der Waals surface area contributed by atoms with Crippen LogP contribution in [0.15, 0.2) is 43.0 Å². The normalized spacial score (nSPS) is 16.0. The fourth-order valence-corrected chi connectivity index (χ4v) is 3.73. The van der Waals surface area contributed by atoms with Gasteiger partial charge in [-0.1, -0.05) is 31.7 Å². The summed E-state index contributed by atoms with van der Waals surface area (Å²) in [6.07, 6.45) is 8.47. The number of allylic oxidation sites excluding steroid dienone is 1. The van der Waals surface area contributed by atoms with Crippen molar-refractivity contribution in [1.82, 2.24) is 5.32 Å². The molecule has 4 N–H and O–H groups in total. The van der Waals surface area contributed by atoms with E-state index in [-0.39, 0.29) is 0 Å². The number of benzene rings is 2. The summed E-state index contributed by atoms with van der Waals surface area (Å²) in [5.74, 6) is 0. The summed E-state index contributed by atoms with van der Waals surface area (Å²) in [6, 6.07) is 13.0. The Morgan fingerprint density at radius 3 is 2.61 bits per heavy atom. The number of hydrogen-bond acceptors (Lipinski definition) is 4.